The molecule has 10 heavy (non-hydrogen) atoms. The molecule has 0 bridgehead atoms. The van der Waals surface area contributed by atoms with E-state index in [1.807, 2.05) is 6.08 Å². The van der Waals surface area contributed by atoms with E-state index in [1.54, 1.807) is 0 Å². The summed E-state index contributed by atoms with van der Waals surface area (Å²) >= 11 is 0. The molecule has 1 aliphatic carbocycles. The van der Waals surface area contributed by atoms with Gasteiger partial charge in [0.2, 0.25) is 0 Å². The monoisotopic (exact) mass is 141 g/mol. The Balaban J connectivity index is 2.51. The highest BCUT2D eigenvalue weighted by atomic mass is 16.5. The van der Waals surface area contributed by atoms with E-state index in [9.17, 15) is 4.79 Å². The van der Waals surface area contributed by atoms with Crippen LogP contribution >= 0.6 is 0 Å². The molecule has 0 fully saturated rings. The van der Waals surface area contributed by atoms with Gasteiger partial charge in [-0.15, -0.1) is 0 Å². The van der Waals surface area contributed by atoms with E-state index in [-0.39, 0.29) is 12.0 Å². The highest BCUT2D eigenvalue weighted by molar-refractivity contribution is 5.88. The summed E-state index contributed by atoms with van der Waals surface area (Å²) in [5.41, 5.74) is 6.28. The fourth-order valence-electron chi connectivity index (χ4n) is 1.04. The Morgan fingerprint density at radius 1 is 1.90 bits per heavy atom. The van der Waals surface area contributed by atoms with E-state index in [4.69, 9.17) is 5.73 Å². The summed E-state index contributed by atoms with van der Waals surface area (Å²) in [4.78, 5) is 10.8. The van der Waals surface area contributed by atoms with Crippen LogP contribution in [0, 0.1) is 0 Å². The topological polar surface area (TPSA) is 52.3 Å². The fourth-order valence-corrected chi connectivity index (χ4v) is 1.04. The highest BCUT2D eigenvalue weighted by Gasteiger charge is 2.18. The summed E-state index contributed by atoms with van der Waals surface area (Å²) in [6.07, 6.45) is 3.30. The fraction of sp³-hybridized carbons (Fsp3) is 0.571. The molecule has 0 saturated heterocycles. The molecule has 0 amide bonds. The molecule has 0 heterocycles. The minimum Gasteiger partial charge on any atom is -0.466 e. The van der Waals surface area contributed by atoms with Crippen molar-refractivity contribution < 1.29 is 9.53 Å². The van der Waals surface area contributed by atoms with Gasteiger partial charge in [0.1, 0.15) is 0 Å². The molecule has 56 valence electrons. The number of hydrogen-bond acceptors (Lipinski definition) is 3. The van der Waals surface area contributed by atoms with Gasteiger partial charge in [-0.25, -0.2) is 4.79 Å². The summed E-state index contributed by atoms with van der Waals surface area (Å²) in [5, 5.41) is 0. The Morgan fingerprint density at radius 3 is 3.00 bits per heavy atom. The van der Waals surface area contributed by atoms with Crippen LogP contribution in [0.1, 0.15) is 12.8 Å². The third-order valence-electron chi connectivity index (χ3n) is 1.60. The highest BCUT2D eigenvalue weighted by Crippen LogP contribution is 2.17. The van der Waals surface area contributed by atoms with Crippen molar-refractivity contribution in [1.82, 2.24) is 0 Å². The molecule has 1 unspecified atom stereocenters. The molecule has 0 spiro atoms. The van der Waals surface area contributed by atoms with Gasteiger partial charge in [0.25, 0.3) is 0 Å². The molecule has 1 aliphatic rings. The summed E-state index contributed by atoms with van der Waals surface area (Å²) < 4.78 is 4.52. The van der Waals surface area contributed by atoms with Crippen molar-refractivity contribution >= 4 is 5.97 Å². The first-order valence-corrected chi connectivity index (χ1v) is 3.27. The number of methoxy groups -OCH3 is 1. The Labute approximate surface area is 59.8 Å². The number of rotatable bonds is 1. The Kier molecular flexibility index (Phi) is 2.06. The first kappa shape index (κ1) is 7.28. The van der Waals surface area contributed by atoms with Crippen molar-refractivity contribution in [2.75, 3.05) is 7.11 Å². The van der Waals surface area contributed by atoms with E-state index < -0.39 is 0 Å². The molecule has 0 radical (unpaired) electrons. The summed E-state index contributed by atoms with van der Waals surface area (Å²) in [6, 6.07) is 0.120. The van der Waals surface area contributed by atoms with Gasteiger partial charge in [0, 0.05) is 11.6 Å². The van der Waals surface area contributed by atoms with Crippen molar-refractivity contribution in [2.24, 2.45) is 5.73 Å². The summed E-state index contributed by atoms with van der Waals surface area (Å²) in [5.74, 6) is -0.243. The molecule has 0 aromatic rings. The van der Waals surface area contributed by atoms with Gasteiger partial charge < -0.3 is 10.5 Å². The van der Waals surface area contributed by atoms with Crippen LogP contribution in [0.25, 0.3) is 0 Å². The zero-order chi connectivity index (χ0) is 7.56. The molecule has 0 aliphatic heterocycles. The van der Waals surface area contributed by atoms with Gasteiger partial charge in [-0.3, -0.25) is 0 Å². The maximum Gasteiger partial charge on any atom is 0.333 e. The van der Waals surface area contributed by atoms with E-state index in [2.05, 4.69) is 4.74 Å². The molecule has 0 aromatic carbocycles. The van der Waals surface area contributed by atoms with E-state index >= 15 is 0 Å². The quantitative estimate of drug-likeness (QED) is 0.531. The lowest BCUT2D eigenvalue weighted by Crippen LogP contribution is -2.16. The van der Waals surface area contributed by atoms with Crippen LogP contribution in [0.2, 0.25) is 0 Å². The van der Waals surface area contributed by atoms with Crippen LogP contribution in [0.3, 0.4) is 0 Å². The average Bonchev–Trinajstić information content (AvgIpc) is 2.34. The Bertz CT molecular complexity index is 174. The van der Waals surface area contributed by atoms with Crippen molar-refractivity contribution in [3.05, 3.63) is 11.6 Å². The predicted molar refractivity (Wildman–Crippen MR) is 37.3 cm³/mol. The zero-order valence-corrected chi connectivity index (χ0v) is 5.96. The minimum absolute atomic E-state index is 0.120. The second-order valence-corrected chi connectivity index (χ2v) is 2.42. The van der Waals surface area contributed by atoms with Gasteiger partial charge >= 0.3 is 5.97 Å². The van der Waals surface area contributed by atoms with Crippen LogP contribution in [0.15, 0.2) is 11.6 Å². The maximum atomic E-state index is 10.8. The lowest BCUT2D eigenvalue weighted by atomic mass is 10.2. The molecular formula is C7H11NO2. The van der Waals surface area contributed by atoms with E-state index in [0.717, 1.165) is 12.0 Å². The second kappa shape index (κ2) is 2.84. The van der Waals surface area contributed by atoms with E-state index in [0.29, 0.717) is 6.42 Å². The van der Waals surface area contributed by atoms with Gasteiger partial charge in [0.15, 0.2) is 0 Å². The lowest BCUT2D eigenvalue weighted by Gasteiger charge is -2.00. The van der Waals surface area contributed by atoms with Crippen LogP contribution in [0.5, 0.6) is 0 Å². The Hall–Kier alpha value is -0.830. The number of nitrogens with two attached hydrogens (primary N) is 1. The van der Waals surface area contributed by atoms with E-state index in [1.165, 1.54) is 7.11 Å². The van der Waals surface area contributed by atoms with Crippen LogP contribution in [0.4, 0.5) is 0 Å². The molecular weight excluding hydrogens is 130 g/mol. The number of carbonyl (C=O) groups is 1. The van der Waals surface area contributed by atoms with Crippen molar-refractivity contribution in [3.63, 3.8) is 0 Å². The van der Waals surface area contributed by atoms with Gasteiger partial charge in [-0.1, -0.05) is 6.08 Å². The first-order chi connectivity index (χ1) is 4.74. The predicted octanol–water partition coefficient (Wildman–Crippen LogP) is 0.207. The number of ether oxygens (including phenoxy) is 1. The molecule has 0 aromatic heterocycles. The molecule has 1 atom stereocenters. The van der Waals surface area contributed by atoms with Gasteiger partial charge in [-0.2, -0.15) is 0 Å². The smallest absolute Gasteiger partial charge is 0.333 e. The van der Waals surface area contributed by atoms with Crippen LogP contribution < -0.4 is 5.73 Å². The van der Waals surface area contributed by atoms with Crippen molar-refractivity contribution in [2.45, 2.75) is 18.9 Å². The number of carbonyl (C=O) groups excluding carboxylic acids is 1. The second-order valence-electron chi connectivity index (χ2n) is 2.42. The third kappa shape index (κ3) is 1.36. The molecule has 1 rings (SSSR count). The zero-order valence-electron chi connectivity index (χ0n) is 5.96. The standard InChI is InChI=1S/C7H11NO2/c1-10-7(9)5-2-3-6(8)4-5/h2,6H,3-4,8H2,1H3. The molecule has 0 saturated carbocycles. The summed E-state index contributed by atoms with van der Waals surface area (Å²) in [6.45, 7) is 0. The first-order valence-electron chi connectivity index (χ1n) is 3.27. The number of hydrogen-bond donors (Lipinski definition) is 1. The SMILES string of the molecule is COC(=O)C1=CCC(N)C1. The normalized spacial score (nSPS) is 24.2. The molecule has 2 N–H and O–H groups in total. The van der Waals surface area contributed by atoms with Crippen LogP contribution in [-0.4, -0.2) is 19.1 Å². The minimum atomic E-state index is -0.243. The summed E-state index contributed by atoms with van der Waals surface area (Å²) in [7, 11) is 1.38. The maximum absolute atomic E-state index is 10.8. The molecule has 3 nitrogen and oxygen atoms in total. The third-order valence-corrected chi connectivity index (χ3v) is 1.60. The lowest BCUT2D eigenvalue weighted by molar-refractivity contribution is -0.136. The average molecular weight is 141 g/mol. The van der Waals surface area contributed by atoms with Gasteiger partial charge in [0.05, 0.1) is 7.11 Å². The van der Waals surface area contributed by atoms with Crippen molar-refractivity contribution in [3.8, 4) is 0 Å². The molecule has 3 heteroatoms. The number of esters is 1. The Morgan fingerprint density at radius 2 is 2.60 bits per heavy atom. The van der Waals surface area contributed by atoms with Crippen LogP contribution in [-0.2, 0) is 9.53 Å². The van der Waals surface area contributed by atoms with Crippen molar-refractivity contribution in [1.29, 1.82) is 0 Å². The van der Waals surface area contributed by atoms with Gasteiger partial charge in [-0.05, 0) is 12.8 Å². The largest absolute Gasteiger partial charge is 0.466 e.